The highest BCUT2D eigenvalue weighted by Crippen LogP contribution is 2.42. The number of nitrogens with one attached hydrogen (secondary N) is 1. The second-order valence-corrected chi connectivity index (χ2v) is 6.12. The summed E-state index contributed by atoms with van der Waals surface area (Å²) < 4.78 is 2.19. The lowest BCUT2D eigenvalue weighted by Gasteiger charge is -2.30. The van der Waals surface area contributed by atoms with Crippen LogP contribution in [0.2, 0.25) is 0 Å². The maximum atomic E-state index is 10.6. The number of benzene rings is 3. The zero-order chi connectivity index (χ0) is 16.1. The van der Waals surface area contributed by atoms with Crippen LogP contribution >= 0.6 is 0 Å². The van der Waals surface area contributed by atoms with Crippen molar-refractivity contribution in [2.24, 2.45) is 0 Å². The van der Waals surface area contributed by atoms with Gasteiger partial charge in [-0.05, 0) is 41.1 Å². The van der Waals surface area contributed by atoms with Crippen LogP contribution in [0.15, 0.2) is 79.0 Å². The Hall–Kier alpha value is -3.20. The maximum absolute atomic E-state index is 10.6. The van der Waals surface area contributed by atoms with Gasteiger partial charge in [0.2, 0.25) is 0 Å². The molecule has 1 aromatic heterocycles. The molecule has 0 spiro atoms. The summed E-state index contributed by atoms with van der Waals surface area (Å²) in [5.41, 5.74) is 4.25. The van der Waals surface area contributed by atoms with Crippen molar-refractivity contribution in [2.45, 2.75) is 6.04 Å². The number of phenolic OH excluding ortho intramolecular Hbond substituents is 1. The van der Waals surface area contributed by atoms with Crippen molar-refractivity contribution in [3.63, 3.8) is 0 Å². The summed E-state index contributed by atoms with van der Waals surface area (Å²) in [6.45, 7) is 0. The average molecular weight is 312 g/mol. The molecular formula is C21H16N2O. The Morgan fingerprint density at radius 1 is 0.833 bits per heavy atom. The molecule has 0 saturated heterocycles. The van der Waals surface area contributed by atoms with E-state index in [1.165, 1.54) is 0 Å². The van der Waals surface area contributed by atoms with E-state index in [0.29, 0.717) is 5.75 Å². The van der Waals surface area contributed by atoms with Gasteiger partial charge in [-0.1, -0.05) is 42.5 Å². The first-order chi connectivity index (χ1) is 11.8. The molecule has 2 heterocycles. The van der Waals surface area contributed by atoms with E-state index in [9.17, 15) is 5.11 Å². The van der Waals surface area contributed by atoms with E-state index >= 15 is 0 Å². The lowest BCUT2D eigenvalue weighted by Crippen LogP contribution is -2.22. The van der Waals surface area contributed by atoms with Crippen LogP contribution in [0.1, 0.15) is 17.3 Å². The van der Waals surface area contributed by atoms with Crippen LogP contribution < -0.4 is 5.32 Å². The predicted octanol–water partition coefficient (Wildman–Crippen LogP) is 4.85. The second kappa shape index (κ2) is 4.90. The standard InChI is InChI=1S/C21H16N2O/c24-19-12-11-14-6-1-2-7-15(14)20(19)21-18-10-5-13-23(18)17-9-4-3-8-16(17)22-21/h1-13,21-22,24H/t21-/m0/s1. The summed E-state index contributed by atoms with van der Waals surface area (Å²) in [6.07, 6.45) is 2.07. The molecule has 1 atom stereocenters. The molecule has 2 N–H and O–H groups in total. The molecular weight excluding hydrogens is 296 g/mol. The minimum atomic E-state index is -0.0963. The molecule has 24 heavy (non-hydrogen) atoms. The summed E-state index contributed by atoms with van der Waals surface area (Å²) in [7, 11) is 0. The minimum absolute atomic E-state index is 0.0963. The number of hydrogen-bond acceptors (Lipinski definition) is 2. The van der Waals surface area contributed by atoms with E-state index in [0.717, 1.165) is 33.4 Å². The Labute approximate surface area is 139 Å². The summed E-state index contributed by atoms with van der Waals surface area (Å²) >= 11 is 0. The summed E-state index contributed by atoms with van der Waals surface area (Å²) in [4.78, 5) is 0. The van der Waals surface area contributed by atoms with Crippen LogP contribution in [0.5, 0.6) is 5.75 Å². The molecule has 0 saturated carbocycles. The van der Waals surface area contributed by atoms with Gasteiger partial charge in [0.05, 0.1) is 17.4 Å². The van der Waals surface area contributed by atoms with E-state index < -0.39 is 0 Å². The van der Waals surface area contributed by atoms with Crippen molar-refractivity contribution >= 4 is 16.5 Å². The number of anilines is 1. The predicted molar refractivity (Wildman–Crippen MR) is 96.8 cm³/mol. The van der Waals surface area contributed by atoms with E-state index in [1.807, 2.05) is 36.4 Å². The fourth-order valence-electron chi connectivity index (χ4n) is 3.69. The van der Waals surface area contributed by atoms with E-state index in [4.69, 9.17) is 0 Å². The zero-order valence-electron chi connectivity index (χ0n) is 13.0. The van der Waals surface area contributed by atoms with Crippen LogP contribution in [0.3, 0.4) is 0 Å². The van der Waals surface area contributed by atoms with Crippen LogP contribution in [0, 0.1) is 0 Å². The Morgan fingerprint density at radius 2 is 1.67 bits per heavy atom. The highest BCUT2D eigenvalue weighted by atomic mass is 16.3. The minimum Gasteiger partial charge on any atom is -0.508 e. The van der Waals surface area contributed by atoms with E-state index in [2.05, 4.69) is 46.4 Å². The Kier molecular flexibility index (Phi) is 2.71. The third-order valence-corrected chi connectivity index (χ3v) is 4.78. The summed E-state index contributed by atoms with van der Waals surface area (Å²) in [5, 5.41) is 16.4. The van der Waals surface area contributed by atoms with Crippen molar-refractivity contribution in [1.29, 1.82) is 0 Å². The van der Waals surface area contributed by atoms with Crippen molar-refractivity contribution in [3.8, 4) is 11.4 Å². The van der Waals surface area contributed by atoms with Crippen molar-refractivity contribution in [3.05, 3.63) is 90.3 Å². The Balaban J connectivity index is 1.79. The molecule has 0 aliphatic carbocycles. The fraction of sp³-hybridized carbons (Fsp3) is 0.0476. The maximum Gasteiger partial charge on any atom is 0.121 e. The van der Waals surface area contributed by atoms with Gasteiger partial charge in [-0.3, -0.25) is 0 Å². The Bertz CT molecular complexity index is 1060. The Morgan fingerprint density at radius 3 is 2.62 bits per heavy atom. The summed E-state index contributed by atoms with van der Waals surface area (Å²) in [5.74, 6) is 0.318. The smallest absolute Gasteiger partial charge is 0.121 e. The van der Waals surface area contributed by atoms with Gasteiger partial charge in [-0.15, -0.1) is 0 Å². The molecule has 0 radical (unpaired) electrons. The molecule has 0 bridgehead atoms. The molecule has 0 amide bonds. The zero-order valence-corrected chi connectivity index (χ0v) is 13.0. The molecule has 5 rings (SSSR count). The first kappa shape index (κ1) is 13.3. The van der Waals surface area contributed by atoms with Gasteiger partial charge in [0.25, 0.3) is 0 Å². The van der Waals surface area contributed by atoms with Gasteiger partial charge < -0.3 is 15.0 Å². The van der Waals surface area contributed by atoms with Crippen molar-refractivity contribution in [1.82, 2.24) is 4.57 Å². The quantitative estimate of drug-likeness (QED) is 0.527. The van der Waals surface area contributed by atoms with Crippen LogP contribution in [0.25, 0.3) is 16.5 Å². The van der Waals surface area contributed by atoms with Gasteiger partial charge in [0, 0.05) is 17.5 Å². The number of aromatic nitrogens is 1. The fourth-order valence-corrected chi connectivity index (χ4v) is 3.69. The highest BCUT2D eigenvalue weighted by Gasteiger charge is 2.28. The van der Waals surface area contributed by atoms with E-state index in [-0.39, 0.29) is 6.04 Å². The van der Waals surface area contributed by atoms with Crippen LogP contribution in [0.4, 0.5) is 5.69 Å². The lowest BCUT2D eigenvalue weighted by molar-refractivity contribution is 0.467. The SMILES string of the molecule is Oc1ccc2ccccc2c1[C@H]1Nc2ccccc2-n2cccc21. The van der Waals surface area contributed by atoms with Gasteiger partial charge in [-0.25, -0.2) is 0 Å². The highest BCUT2D eigenvalue weighted by molar-refractivity contribution is 5.89. The number of phenols is 1. The van der Waals surface area contributed by atoms with E-state index in [1.54, 1.807) is 6.07 Å². The number of fused-ring (bicyclic) bond motifs is 4. The number of hydrogen-bond donors (Lipinski definition) is 2. The summed E-state index contributed by atoms with van der Waals surface area (Å²) in [6, 6.07) is 24.2. The van der Waals surface area contributed by atoms with Crippen LogP contribution in [-0.2, 0) is 0 Å². The number of aromatic hydroxyl groups is 1. The van der Waals surface area contributed by atoms with Crippen molar-refractivity contribution in [2.75, 3.05) is 5.32 Å². The first-order valence-electron chi connectivity index (χ1n) is 8.07. The largest absolute Gasteiger partial charge is 0.508 e. The lowest BCUT2D eigenvalue weighted by atomic mass is 9.94. The van der Waals surface area contributed by atoms with Gasteiger partial charge >= 0.3 is 0 Å². The van der Waals surface area contributed by atoms with Crippen LogP contribution in [-0.4, -0.2) is 9.67 Å². The average Bonchev–Trinajstić information content (AvgIpc) is 3.11. The molecule has 4 aromatic rings. The molecule has 0 fully saturated rings. The van der Waals surface area contributed by atoms with Gasteiger partial charge in [0.15, 0.2) is 0 Å². The first-order valence-corrected chi connectivity index (χ1v) is 8.07. The molecule has 116 valence electrons. The normalized spacial score (nSPS) is 15.6. The molecule has 1 aliphatic heterocycles. The van der Waals surface area contributed by atoms with Crippen molar-refractivity contribution < 1.29 is 5.11 Å². The third kappa shape index (κ3) is 1.78. The monoisotopic (exact) mass is 312 g/mol. The molecule has 3 heteroatoms. The third-order valence-electron chi connectivity index (χ3n) is 4.78. The molecule has 3 aromatic carbocycles. The van der Waals surface area contributed by atoms with Gasteiger partial charge in [-0.2, -0.15) is 0 Å². The molecule has 0 unspecified atom stereocenters. The molecule has 3 nitrogen and oxygen atoms in total. The topological polar surface area (TPSA) is 37.2 Å². The number of rotatable bonds is 1. The second-order valence-electron chi connectivity index (χ2n) is 6.12. The number of nitrogens with zero attached hydrogens (tertiary/aromatic N) is 1. The number of para-hydroxylation sites is 2. The van der Waals surface area contributed by atoms with Gasteiger partial charge in [0.1, 0.15) is 5.75 Å². The molecule has 1 aliphatic rings.